The van der Waals surface area contributed by atoms with E-state index in [1.165, 1.54) is 4.91 Å². The summed E-state index contributed by atoms with van der Waals surface area (Å²) in [6.45, 7) is 2.00. The summed E-state index contributed by atoms with van der Waals surface area (Å²) in [6, 6.07) is 0. The summed E-state index contributed by atoms with van der Waals surface area (Å²) in [7, 11) is 1.81. The van der Waals surface area contributed by atoms with Crippen LogP contribution in [0, 0.1) is 0 Å². The molecule has 0 saturated heterocycles. The Bertz CT molecular complexity index is 319. The second kappa shape index (κ2) is 6.44. The molecular weight excluding hydrogens is 190 g/mol. The van der Waals surface area contributed by atoms with Crippen LogP contribution in [0.15, 0.2) is 52.4 Å². The lowest BCUT2D eigenvalue weighted by Gasteiger charge is -2.02. The first-order valence-electron chi connectivity index (χ1n) is 4.64. The molecule has 0 aliphatic carbocycles. The van der Waals surface area contributed by atoms with Crippen molar-refractivity contribution >= 4 is 17.5 Å². The van der Waals surface area contributed by atoms with Gasteiger partial charge < -0.3 is 0 Å². The van der Waals surface area contributed by atoms with Gasteiger partial charge >= 0.3 is 0 Å². The SMILES string of the molecule is C/C=C\C(/C=C/C1=CC=CCS1)=NC. The molecule has 1 rings (SSSR count). The standard InChI is InChI=1S/C12H15NS/c1-3-6-11(13-2)8-9-12-7-4-5-10-14-12/h3-9H,10H2,1-2H3/b6-3-,9-8+,13-11?. The van der Waals surface area contributed by atoms with Gasteiger partial charge in [0.1, 0.15) is 0 Å². The molecule has 0 spiro atoms. The Labute approximate surface area is 90.0 Å². The van der Waals surface area contributed by atoms with Crippen molar-refractivity contribution in [1.82, 2.24) is 0 Å². The number of thioether (sulfide) groups is 1. The monoisotopic (exact) mass is 205 g/mol. The third-order valence-electron chi connectivity index (χ3n) is 1.76. The van der Waals surface area contributed by atoms with Gasteiger partial charge in [0, 0.05) is 17.7 Å². The Morgan fingerprint density at radius 1 is 1.50 bits per heavy atom. The Kier molecular flexibility index (Phi) is 5.08. The molecule has 1 nitrogen and oxygen atoms in total. The highest BCUT2D eigenvalue weighted by molar-refractivity contribution is 8.03. The van der Waals surface area contributed by atoms with Gasteiger partial charge in [0.25, 0.3) is 0 Å². The molecule has 0 bridgehead atoms. The van der Waals surface area contributed by atoms with Crippen molar-refractivity contribution in [3.63, 3.8) is 0 Å². The van der Waals surface area contributed by atoms with Crippen molar-refractivity contribution < 1.29 is 0 Å². The lowest BCUT2D eigenvalue weighted by atomic mass is 10.3. The maximum Gasteiger partial charge on any atom is 0.0567 e. The van der Waals surface area contributed by atoms with Crippen LogP contribution in [0.1, 0.15) is 6.92 Å². The number of allylic oxidation sites excluding steroid dienone is 6. The molecule has 14 heavy (non-hydrogen) atoms. The molecule has 0 amide bonds. The predicted molar refractivity (Wildman–Crippen MR) is 67.0 cm³/mol. The third-order valence-corrected chi connectivity index (χ3v) is 2.72. The van der Waals surface area contributed by atoms with E-state index in [1.807, 2.05) is 44.0 Å². The van der Waals surface area contributed by atoms with Gasteiger partial charge in [0.2, 0.25) is 0 Å². The topological polar surface area (TPSA) is 12.4 Å². The van der Waals surface area contributed by atoms with Crippen LogP contribution < -0.4 is 0 Å². The highest BCUT2D eigenvalue weighted by atomic mass is 32.2. The first-order valence-corrected chi connectivity index (χ1v) is 5.62. The van der Waals surface area contributed by atoms with Crippen molar-refractivity contribution in [3.05, 3.63) is 47.4 Å². The third kappa shape index (κ3) is 3.79. The van der Waals surface area contributed by atoms with E-state index in [9.17, 15) is 0 Å². The largest absolute Gasteiger partial charge is 0.289 e. The van der Waals surface area contributed by atoms with Gasteiger partial charge in [-0.1, -0.05) is 18.2 Å². The van der Waals surface area contributed by atoms with Crippen molar-refractivity contribution in [1.29, 1.82) is 0 Å². The number of nitrogens with zero attached hydrogens (tertiary/aromatic N) is 1. The van der Waals surface area contributed by atoms with Gasteiger partial charge in [0.15, 0.2) is 0 Å². The average molecular weight is 205 g/mol. The zero-order valence-electron chi connectivity index (χ0n) is 8.60. The fourth-order valence-electron chi connectivity index (χ4n) is 1.06. The van der Waals surface area contributed by atoms with E-state index in [2.05, 4.69) is 29.3 Å². The van der Waals surface area contributed by atoms with Crippen molar-refractivity contribution in [2.45, 2.75) is 6.92 Å². The summed E-state index contributed by atoms with van der Waals surface area (Å²) in [4.78, 5) is 5.44. The summed E-state index contributed by atoms with van der Waals surface area (Å²) in [5.74, 6) is 1.07. The van der Waals surface area contributed by atoms with Crippen LogP contribution in [0.4, 0.5) is 0 Å². The normalized spacial score (nSPS) is 18.1. The van der Waals surface area contributed by atoms with Gasteiger partial charge in [-0.15, -0.1) is 11.8 Å². The van der Waals surface area contributed by atoms with Crippen LogP contribution in [0.2, 0.25) is 0 Å². The molecule has 0 saturated carbocycles. The van der Waals surface area contributed by atoms with E-state index < -0.39 is 0 Å². The molecule has 0 aromatic carbocycles. The fraction of sp³-hybridized carbons (Fsp3) is 0.250. The number of rotatable bonds is 3. The average Bonchev–Trinajstić information content (AvgIpc) is 2.25. The van der Waals surface area contributed by atoms with E-state index >= 15 is 0 Å². The molecule has 2 heteroatoms. The Morgan fingerprint density at radius 2 is 2.36 bits per heavy atom. The molecule has 0 atom stereocenters. The van der Waals surface area contributed by atoms with E-state index in [0.29, 0.717) is 0 Å². The Morgan fingerprint density at radius 3 is 2.93 bits per heavy atom. The lowest BCUT2D eigenvalue weighted by Crippen LogP contribution is -1.87. The van der Waals surface area contributed by atoms with Crippen LogP contribution >= 0.6 is 11.8 Å². The second-order valence-corrected chi connectivity index (χ2v) is 3.88. The predicted octanol–water partition coefficient (Wildman–Crippen LogP) is 3.38. The molecule has 0 fully saturated rings. The zero-order chi connectivity index (χ0) is 10.2. The summed E-state index contributed by atoms with van der Waals surface area (Å²) < 4.78 is 0. The van der Waals surface area contributed by atoms with Crippen molar-refractivity contribution in [3.8, 4) is 0 Å². The molecule has 0 radical (unpaired) electrons. The number of hydrogen-bond donors (Lipinski definition) is 0. The highest BCUT2D eigenvalue weighted by Crippen LogP contribution is 2.20. The summed E-state index contributed by atoms with van der Waals surface area (Å²) in [6.07, 6.45) is 14.5. The van der Waals surface area contributed by atoms with E-state index in [4.69, 9.17) is 0 Å². The van der Waals surface area contributed by atoms with Gasteiger partial charge in [0.05, 0.1) is 5.71 Å². The molecular formula is C12H15NS. The second-order valence-electron chi connectivity index (χ2n) is 2.79. The maximum absolute atomic E-state index is 4.15. The minimum absolute atomic E-state index is 1.00. The Hall–Kier alpha value is -1.02. The summed E-state index contributed by atoms with van der Waals surface area (Å²) in [5.41, 5.74) is 1.00. The highest BCUT2D eigenvalue weighted by Gasteiger charge is 1.95. The molecule has 1 heterocycles. The van der Waals surface area contributed by atoms with E-state index in [-0.39, 0.29) is 0 Å². The molecule has 0 N–H and O–H groups in total. The van der Waals surface area contributed by atoms with E-state index in [0.717, 1.165) is 11.5 Å². The minimum atomic E-state index is 1.00. The smallest absolute Gasteiger partial charge is 0.0567 e. The van der Waals surface area contributed by atoms with Gasteiger partial charge in [-0.2, -0.15) is 0 Å². The fourth-order valence-corrected chi connectivity index (χ4v) is 1.80. The molecule has 0 unspecified atom stereocenters. The van der Waals surface area contributed by atoms with Gasteiger partial charge in [-0.25, -0.2) is 0 Å². The maximum atomic E-state index is 4.15. The van der Waals surface area contributed by atoms with E-state index in [1.54, 1.807) is 0 Å². The van der Waals surface area contributed by atoms with Crippen LogP contribution in [-0.2, 0) is 0 Å². The molecule has 0 aromatic heterocycles. The molecule has 1 aliphatic heterocycles. The molecule has 74 valence electrons. The summed E-state index contributed by atoms with van der Waals surface area (Å²) in [5, 5.41) is 0. The first kappa shape index (κ1) is 11.1. The van der Waals surface area contributed by atoms with Gasteiger partial charge in [-0.3, -0.25) is 4.99 Å². The quantitative estimate of drug-likeness (QED) is 0.643. The lowest BCUT2D eigenvalue weighted by molar-refractivity contribution is 1.45. The zero-order valence-corrected chi connectivity index (χ0v) is 9.42. The van der Waals surface area contributed by atoms with Crippen LogP contribution in [0.3, 0.4) is 0 Å². The molecule has 0 aromatic rings. The number of aliphatic imine (C=N–C) groups is 1. The Balaban J connectivity index is 2.62. The van der Waals surface area contributed by atoms with Gasteiger partial charge in [-0.05, 0) is 31.2 Å². The van der Waals surface area contributed by atoms with Crippen molar-refractivity contribution in [2.75, 3.05) is 12.8 Å². The summed E-state index contributed by atoms with van der Waals surface area (Å²) >= 11 is 1.84. The number of hydrogen-bond acceptors (Lipinski definition) is 2. The minimum Gasteiger partial charge on any atom is -0.289 e. The van der Waals surface area contributed by atoms with Crippen LogP contribution in [-0.4, -0.2) is 18.5 Å². The van der Waals surface area contributed by atoms with Crippen LogP contribution in [0.25, 0.3) is 0 Å². The van der Waals surface area contributed by atoms with Crippen LogP contribution in [0.5, 0.6) is 0 Å². The first-order chi connectivity index (χ1) is 6.86. The van der Waals surface area contributed by atoms with Crippen molar-refractivity contribution in [2.24, 2.45) is 4.99 Å². The molecule has 1 aliphatic rings.